The van der Waals surface area contributed by atoms with Crippen LogP contribution in [0.15, 0.2) is 0 Å². The van der Waals surface area contributed by atoms with Crippen LogP contribution < -0.4 is 0 Å². The van der Waals surface area contributed by atoms with Crippen molar-refractivity contribution in [3.05, 3.63) is 0 Å². The fraction of sp³-hybridized carbons (Fsp3) is 0.900. The number of unbranched alkanes of at least 4 members (excludes halogenated alkanes) is 1. The molecule has 0 heterocycles. The Morgan fingerprint density at radius 1 is 1.31 bits per heavy atom. The lowest BCUT2D eigenvalue weighted by atomic mass is 10.0. The molecular weight excluding hydrogens is 184 g/mol. The van der Waals surface area contributed by atoms with Crippen LogP contribution in [0.4, 0.5) is 0 Å². The molecule has 0 aliphatic rings. The summed E-state index contributed by atoms with van der Waals surface area (Å²) < 4.78 is 0. The highest BCUT2D eigenvalue weighted by Crippen LogP contribution is 2.14. The van der Waals surface area contributed by atoms with E-state index < -0.39 is 5.97 Å². The van der Waals surface area contributed by atoms with Crippen LogP contribution in [0, 0.1) is 5.92 Å². The van der Waals surface area contributed by atoms with Crippen LogP contribution in [0.25, 0.3) is 0 Å². The number of thiol groups is 1. The number of rotatable bonds is 7. The molecule has 0 aromatic carbocycles. The summed E-state index contributed by atoms with van der Waals surface area (Å²) in [4.78, 5) is 10.3. The molecule has 0 fully saturated rings. The highest BCUT2D eigenvalue weighted by Gasteiger charge is 2.07. The largest absolute Gasteiger partial charge is 0.481 e. The standard InChI is InChI=1S/C10H20O2S/c1-8(2)5-3-4-6-9(13)7-10(11)12/h8-9,13H,3-7H2,1-2H3,(H,11,12). The lowest BCUT2D eigenvalue weighted by Gasteiger charge is -2.08. The van der Waals surface area contributed by atoms with E-state index in [1.54, 1.807) is 0 Å². The smallest absolute Gasteiger partial charge is 0.304 e. The third kappa shape index (κ3) is 9.74. The summed E-state index contributed by atoms with van der Waals surface area (Å²) >= 11 is 4.21. The van der Waals surface area contributed by atoms with E-state index in [1.165, 1.54) is 12.8 Å². The second-order valence-corrected chi connectivity index (χ2v) is 4.66. The molecule has 1 atom stereocenters. The molecule has 78 valence electrons. The molecule has 0 radical (unpaired) electrons. The van der Waals surface area contributed by atoms with E-state index in [0.717, 1.165) is 18.8 Å². The van der Waals surface area contributed by atoms with Gasteiger partial charge < -0.3 is 5.11 Å². The first kappa shape index (κ1) is 12.8. The summed E-state index contributed by atoms with van der Waals surface area (Å²) in [5.74, 6) is 0.00157. The number of carboxylic acid groups (broad SMARTS) is 1. The van der Waals surface area contributed by atoms with Crippen LogP contribution in [-0.4, -0.2) is 16.3 Å². The van der Waals surface area contributed by atoms with Crippen molar-refractivity contribution in [1.82, 2.24) is 0 Å². The maximum Gasteiger partial charge on any atom is 0.304 e. The zero-order valence-corrected chi connectivity index (χ0v) is 9.39. The lowest BCUT2D eigenvalue weighted by molar-refractivity contribution is -0.136. The molecule has 0 aromatic heterocycles. The molecule has 0 saturated carbocycles. The number of carboxylic acids is 1. The van der Waals surface area contributed by atoms with Crippen molar-refractivity contribution in [2.45, 2.75) is 51.2 Å². The van der Waals surface area contributed by atoms with Crippen molar-refractivity contribution in [2.24, 2.45) is 5.92 Å². The molecule has 0 bridgehead atoms. The number of carbonyl (C=O) groups is 1. The van der Waals surface area contributed by atoms with Gasteiger partial charge in [0.1, 0.15) is 0 Å². The van der Waals surface area contributed by atoms with Crippen molar-refractivity contribution in [2.75, 3.05) is 0 Å². The molecule has 1 unspecified atom stereocenters. The van der Waals surface area contributed by atoms with E-state index in [0.29, 0.717) is 0 Å². The fourth-order valence-electron chi connectivity index (χ4n) is 1.24. The molecule has 0 aliphatic heterocycles. The van der Waals surface area contributed by atoms with E-state index in [1.807, 2.05) is 0 Å². The van der Waals surface area contributed by atoms with Crippen molar-refractivity contribution in [1.29, 1.82) is 0 Å². The van der Waals surface area contributed by atoms with E-state index in [-0.39, 0.29) is 11.7 Å². The highest BCUT2D eigenvalue weighted by molar-refractivity contribution is 7.81. The Balaban J connectivity index is 3.26. The lowest BCUT2D eigenvalue weighted by Crippen LogP contribution is -2.07. The van der Waals surface area contributed by atoms with Crippen LogP contribution >= 0.6 is 12.6 Å². The Labute approximate surface area is 86.1 Å². The van der Waals surface area contributed by atoms with Gasteiger partial charge >= 0.3 is 5.97 Å². The second kappa shape index (κ2) is 7.25. The zero-order valence-electron chi connectivity index (χ0n) is 8.49. The molecule has 0 aromatic rings. The third-order valence-corrected chi connectivity index (χ3v) is 2.42. The predicted molar refractivity (Wildman–Crippen MR) is 58.3 cm³/mol. The van der Waals surface area contributed by atoms with E-state index in [9.17, 15) is 4.79 Å². The predicted octanol–water partition coefficient (Wildman–Crippen LogP) is 2.98. The van der Waals surface area contributed by atoms with Gasteiger partial charge in [-0.25, -0.2) is 0 Å². The molecule has 0 rings (SSSR count). The zero-order chi connectivity index (χ0) is 10.3. The van der Waals surface area contributed by atoms with E-state index >= 15 is 0 Å². The molecule has 3 heteroatoms. The topological polar surface area (TPSA) is 37.3 Å². The minimum atomic E-state index is -0.746. The number of hydrogen-bond acceptors (Lipinski definition) is 2. The van der Waals surface area contributed by atoms with Gasteiger partial charge in [-0.15, -0.1) is 0 Å². The van der Waals surface area contributed by atoms with Crippen LogP contribution in [0.2, 0.25) is 0 Å². The fourth-order valence-corrected chi connectivity index (χ4v) is 1.57. The van der Waals surface area contributed by atoms with Crippen molar-refractivity contribution in [3.8, 4) is 0 Å². The summed E-state index contributed by atoms with van der Waals surface area (Å²) in [7, 11) is 0. The van der Waals surface area contributed by atoms with Gasteiger partial charge in [0.05, 0.1) is 6.42 Å². The van der Waals surface area contributed by atoms with Gasteiger partial charge in [0.2, 0.25) is 0 Å². The summed E-state index contributed by atoms with van der Waals surface area (Å²) in [5.41, 5.74) is 0. The van der Waals surface area contributed by atoms with E-state index in [4.69, 9.17) is 5.11 Å². The minimum Gasteiger partial charge on any atom is -0.481 e. The highest BCUT2D eigenvalue weighted by atomic mass is 32.1. The van der Waals surface area contributed by atoms with Gasteiger partial charge in [-0.2, -0.15) is 12.6 Å². The molecule has 0 spiro atoms. The average Bonchev–Trinajstić information content (AvgIpc) is 1.96. The molecule has 0 amide bonds. The summed E-state index contributed by atoms with van der Waals surface area (Å²) in [6, 6.07) is 0. The maximum atomic E-state index is 10.3. The van der Waals surface area contributed by atoms with Gasteiger partial charge in [0.15, 0.2) is 0 Å². The minimum absolute atomic E-state index is 0.0321. The molecule has 2 nitrogen and oxygen atoms in total. The Morgan fingerprint density at radius 2 is 1.85 bits per heavy atom. The van der Waals surface area contributed by atoms with Gasteiger partial charge in [0.25, 0.3) is 0 Å². The van der Waals surface area contributed by atoms with Crippen molar-refractivity contribution >= 4 is 18.6 Å². The van der Waals surface area contributed by atoms with Gasteiger partial charge in [-0.05, 0) is 12.3 Å². The first-order chi connectivity index (χ1) is 6.02. The van der Waals surface area contributed by atoms with Crippen LogP contribution in [0.5, 0.6) is 0 Å². The van der Waals surface area contributed by atoms with Crippen molar-refractivity contribution in [3.63, 3.8) is 0 Å². The van der Waals surface area contributed by atoms with Gasteiger partial charge in [0, 0.05) is 5.25 Å². The number of aliphatic carboxylic acids is 1. The Hall–Kier alpha value is -0.180. The van der Waals surface area contributed by atoms with Crippen molar-refractivity contribution < 1.29 is 9.90 Å². The normalized spacial score (nSPS) is 13.2. The second-order valence-electron chi connectivity index (χ2n) is 3.93. The molecular formula is C10H20O2S. The summed E-state index contributed by atoms with van der Waals surface area (Å²) in [5, 5.41) is 8.51. The Morgan fingerprint density at radius 3 is 2.31 bits per heavy atom. The first-order valence-electron chi connectivity index (χ1n) is 4.92. The van der Waals surface area contributed by atoms with E-state index in [2.05, 4.69) is 26.5 Å². The number of hydrogen-bond donors (Lipinski definition) is 2. The maximum absolute atomic E-state index is 10.3. The van der Waals surface area contributed by atoms with Gasteiger partial charge in [-0.3, -0.25) is 4.79 Å². The molecule has 1 N–H and O–H groups in total. The van der Waals surface area contributed by atoms with Gasteiger partial charge in [-0.1, -0.05) is 33.1 Å². The van der Waals surface area contributed by atoms with Crippen LogP contribution in [-0.2, 0) is 4.79 Å². The molecule has 13 heavy (non-hydrogen) atoms. The third-order valence-electron chi connectivity index (χ3n) is 1.98. The Kier molecular flexibility index (Phi) is 7.14. The summed E-state index contributed by atoms with van der Waals surface area (Å²) in [6.45, 7) is 4.41. The molecule has 0 saturated heterocycles. The average molecular weight is 204 g/mol. The quantitative estimate of drug-likeness (QED) is 0.494. The SMILES string of the molecule is CC(C)CCCCC(S)CC(=O)O. The summed E-state index contributed by atoms with van der Waals surface area (Å²) in [6.07, 6.45) is 4.62. The van der Waals surface area contributed by atoms with Crippen LogP contribution in [0.3, 0.4) is 0 Å². The monoisotopic (exact) mass is 204 g/mol. The van der Waals surface area contributed by atoms with Crippen LogP contribution in [0.1, 0.15) is 46.0 Å². The first-order valence-corrected chi connectivity index (χ1v) is 5.44. The molecule has 0 aliphatic carbocycles. The Bertz CT molecular complexity index is 146.